The number of sulfonamides is 1. The van der Waals surface area contributed by atoms with Gasteiger partial charge in [0.15, 0.2) is 0 Å². The highest BCUT2D eigenvalue weighted by atomic mass is 32.2. The summed E-state index contributed by atoms with van der Waals surface area (Å²) in [7, 11) is -6.65. The van der Waals surface area contributed by atoms with Crippen molar-refractivity contribution in [1.82, 2.24) is 4.72 Å². The molecule has 0 radical (unpaired) electrons. The van der Waals surface area contributed by atoms with Gasteiger partial charge in [0, 0.05) is 12.6 Å². The molecule has 2 unspecified atom stereocenters. The lowest BCUT2D eigenvalue weighted by atomic mass is 10.2. The molecule has 9 heteroatoms. The van der Waals surface area contributed by atoms with Crippen LogP contribution >= 0.6 is 0 Å². The molecular weight excluding hydrogens is 280 g/mol. The molecule has 2 atom stereocenters. The maximum absolute atomic E-state index is 11.9. The fraction of sp³-hybridized carbons (Fsp3) is 1.00. The van der Waals surface area contributed by atoms with Crippen molar-refractivity contribution in [2.24, 2.45) is 5.73 Å². The van der Waals surface area contributed by atoms with Gasteiger partial charge >= 0.3 is 0 Å². The summed E-state index contributed by atoms with van der Waals surface area (Å²) in [6.07, 6.45) is -0.581. The Morgan fingerprint density at radius 2 is 1.89 bits per heavy atom. The van der Waals surface area contributed by atoms with Gasteiger partial charge in [0.1, 0.15) is 9.84 Å². The predicted octanol–water partition coefficient (Wildman–Crippen LogP) is -1.81. The van der Waals surface area contributed by atoms with Crippen molar-refractivity contribution < 1.29 is 21.9 Å². The topological polar surface area (TPSA) is 127 Å². The number of aliphatic hydroxyl groups is 1. The molecule has 0 aromatic rings. The zero-order valence-electron chi connectivity index (χ0n) is 10.2. The Morgan fingerprint density at radius 3 is 2.33 bits per heavy atom. The van der Waals surface area contributed by atoms with E-state index >= 15 is 0 Å². The zero-order valence-corrected chi connectivity index (χ0v) is 11.9. The molecule has 1 saturated heterocycles. The number of nitrogens with two attached hydrogens (primary N) is 1. The SMILES string of the molecule is CC(O)C(N)CNS(=O)(=O)C1CCS(=O)(=O)CC1. The van der Waals surface area contributed by atoms with E-state index in [2.05, 4.69) is 4.72 Å². The average Bonchev–Trinajstić information content (AvgIpc) is 2.25. The van der Waals surface area contributed by atoms with Crippen molar-refractivity contribution in [2.75, 3.05) is 18.1 Å². The van der Waals surface area contributed by atoms with E-state index in [0.717, 1.165) is 0 Å². The molecule has 0 saturated carbocycles. The van der Waals surface area contributed by atoms with E-state index in [9.17, 15) is 16.8 Å². The van der Waals surface area contributed by atoms with Crippen LogP contribution in [0.1, 0.15) is 19.8 Å². The summed E-state index contributed by atoms with van der Waals surface area (Å²) in [5, 5.41) is 8.47. The quantitative estimate of drug-likeness (QED) is 0.549. The largest absolute Gasteiger partial charge is 0.392 e. The second-order valence-electron chi connectivity index (χ2n) is 4.65. The van der Waals surface area contributed by atoms with Crippen molar-refractivity contribution >= 4 is 19.9 Å². The van der Waals surface area contributed by atoms with E-state index in [4.69, 9.17) is 10.8 Å². The van der Waals surface area contributed by atoms with E-state index in [1.807, 2.05) is 0 Å². The molecule has 18 heavy (non-hydrogen) atoms. The third-order valence-corrected chi connectivity index (χ3v) is 6.71. The third kappa shape index (κ3) is 4.47. The van der Waals surface area contributed by atoms with Gasteiger partial charge in [-0.05, 0) is 19.8 Å². The zero-order chi connectivity index (χ0) is 14.0. The molecule has 0 bridgehead atoms. The summed E-state index contributed by atoms with van der Waals surface area (Å²) in [5.74, 6) is -0.192. The van der Waals surface area contributed by atoms with Gasteiger partial charge in [-0.15, -0.1) is 0 Å². The second kappa shape index (κ2) is 5.83. The molecule has 1 aliphatic rings. The van der Waals surface area contributed by atoms with Crippen molar-refractivity contribution in [1.29, 1.82) is 0 Å². The first-order chi connectivity index (χ1) is 8.14. The Hall–Kier alpha value is -0.220. The van der Waals surface area contributed by atoms with E-state index in [-0.39, 0.29) is 30.9 Å². The summed E-state index contributed by atoms with van der Waals surface area (Å²) in [6.45, 7) is 1.43. The molecule has 1 fully saturated rings. The minimum Gasteiger partial charge on any atom is -0.392 e. The van der Waals surface area contributed by atoms with Crippen molar-refractivity contribution in [3.63, 3.8) is 0 Å². The molecule has 7 nitrogen and oxygen atoms in total. The Labute approximate surface area is 108 Å². The normalized spacial score (nSPS) is 24.6. The first-order valence-electron chi connectivity index (χ1n) is 5.76. The van der Waals surface area contributed by atoms with Gasteiger partial charge in [-0.25, -0.2) is 21.6 Å². The first-order valence-corrected chi connectivity index (χ1v) is 9.13. The van der Waals surface area contributed by atoms with Crippen LogP contribution in [0.2, 0.25) is 0 Å². The Morgan fingerprint density at radius 1 is 1.39 bits per heavy atom. The van der Waals surface area contributed by atoms with E-state index < -0.39 is 37.3 Å². The number of hydrogen-bond donors (Lipinski definition) is 3. The number of nitrogens with one attached hydrogen (secondary N) is 1. The molecule has 0 aromatic heterocycles. The molecule has 108 valence electrons. The summed E-state index contributed by atoms with van der Waals surface area (Å²) in [6, 6.07) is -0.674. The predicted molar refractivity (Wildman–Crippen MR) is 68.3 cm³/mol. The molecular formula is C9H20N2O5S2. The van der Waals surface area contributed by atoms with Crippen LogP contribution < -0.4 is 10.5 Å². The van der Waals surface area contributed by atoms with Gasteiger partial charge in [-0.2, -0.15) is 0 Å². The lowest BCUT2D eigenvalue weighted by molar-refractivity contribution is 0.164. The summed E-state index contributed by atoms with van der Waals surface area (Å²) in [4.78, 5) is 0. The van der Waals surface area contributed by atoms with Crippen LogP contribution in [0.15, 0.2) is 0 Å². The van der Waals surface area contributed by atoms with Gasteiger partial charge < -0.3 is 10.8 Å². The molecule has 4 N–H and O–H groups in total. The summed E-state index contributed by atoms with van der Waals surface area (Å²) < 4.78 is 48.5. The smallest absolute Gasteiger partial charge is 0.214 e. The second-order valence-corrected chi connectivity index (χ2v) is 9.00. The lowest BCUT2D eigenvalue weighted by Crippen LogP contribution is -2.47. The molecule has 1 aliphatic heterocycles. The van der Waals surface area contributed by atoms with Crippen LogP contribution in [-0.4, -0.2) is 57.4 Å². The highest BCUT2D eigenvalue weighted by molar-refractivity contribution is 7.92. The van der Waals surface area contributed by atoms with Crippen LogP contribution in [0.4, 0.5) is 0 Å². The van der Waals surface area contributed by atoms with Gasteiger partial charge in [-0.1, -0.05) is 0 Å². The van der Waals surface area contributed by atoms with Crippen LogP contribution in [0.25, 0.3) is 0 Å². The van der Waals surface area contributed by atoms with Crippen LogP contribution in [0.3, 0.4) is 0 Å². The van der Waals surface area contributed by atoms with E-state index in [1.54, 1.807) is 0 Å². The average molecular weight is 300 g/mol. The molecule has 0 aromatic carbocycles. The van der Waals surface area contributed by atoms with Crippen LogP contribution in [-0.2, 0) is 19.9 Å². The van der Waals surface area contributed by atoms with Gasteiger partial charge in [-0.3, -0.25) is 0 Å². The standard InChI is InChI=1S/C9H20N2O5S2/c1-7(12)9(10)6-11-18(15,16)8-2-4-17(13,14)5-3-8/h7-9,11-12H,2-6,10H2,1H3. The Balaban J connectivity index is 2.55. The number of hydrogen-bond acceptors (Lipinski definition) is 6. The van der Waals surface area contributed by atoms with Crippen molar-refractivity contribution in [3.8, 4) is 0 Å². The number of aliphatic hydroxyl groups excluding tert-OH is 1. The molecule has 0 aliphatic carbocycles. The van der Waals surface area contributed by atoms with Crippen molar-refractivity contribution in [2.45, 2.75) is 37.2 Å². The fourth-order valence-electron chi connectivity index (χ4n) is 1.68. The molecule has 1 heterocycles. The van der Waals surface area contributed by atoms with Crippen molar-refractivity contribution in [3.05, 3.63) is 0 Å². The maximum Gasteiger partial charge on any atom is 0.214 e. The van der Waals surface area contributed by atoms with Crippen LogP contribution in [0.5, 0.6) is 0 Å². The maximum atomic E-state index is 11.9. The summed E-state index contributed by atoms with van der Waals surface area (Å²) >= 11 is 0. The molecule has 1 rings (SSSR count). The lowest BCUT2D eigenvalue weighted by Gasteiger charge is -2.23. The minimum absolute atomic E-state index is 0.0523. The number of sulfone groups is 1. The van der Waals surface area contributed by atoms with E-state index in [0.29, 0.717) is 0 Å². The van der Waals surface area contributed by atoms with Crippen LogP contribution in [0, 0.1) is 0 Å². The Kier molecular flexibility index (Phi) is 5.13. The van der Waals surface area contributed by atoms with E-state index in [1.165, 1.54) is 6.92 Å². The van der Waals surface area contributed by atoms with Gasteiger partial charge in [0.25, 0.3) is 0 Å². The first kappa shape index (κ1) is 15.8. The van der Waals surface area contributed by atoms with Gasteiger partial charge in [0.05, 0.1) is 22.9 Å². The minimum atomic E-state index is -3.57. The monoisotopic (exact) mass is 300 g/mol. The Bertz CT molecular complexity index is 457. The fourth-order valence-corrected chi connectivity index (χ4v) is 4.99. The molecule has 0 amide bonds. The highest BCUT2D eigenvalue weighted by Crippen LogP contribution is 2.18. The third-order valence-electron chi connectivity index (χ3n) is 3.08. The molecule has 0 spiro atoms. The highest BCUT2D eigenvalue weighted by Gasteiger charge is 2.32. The van der Waals surface area contributed by atoms with Gasteiger partial charge in [0.2, 0.25) is 10.0 Å². The number of rotatable bonds is 5. The summed E-state index contributed by atoms with van der Waals surface area (Å²) in [5.41, 5.74) is 5.52.